The first-order valence-corrected chi connectivity index (χ1v) is 9.24. The zero-order valence-electron chi connectivity index (χ0n) is 15.5. The number of rotatable bonds is 6. The molecule has 0 unspecified atom stereocenters. The van der Waals surface area contributed by atoms with E-state index in [1.54, 1.807) is 25.3 Å². The van der Waals surface area contributed by atoms with Crippen LogP contribution in [0.4, 0.5) is 11.4 Å². The van der Waals surface area contributed by atoms with E-state index in [-0.39, 0.29) is 5.91 Å². The van der Waals surface area contributed by atoms with Gasteiger partial charge < -0.3 is 19.7 Å². The van der Waals surface area contributed by atoms with Gasteiger partial charge in [0.05, 0.1) is 30.6 Å². The van der Waals surface area contributed by atoms with Crippen LogP contribution in [0.15, 0.2) is 42.5 Å². The van der Waals surface area contributed by atoms with Gasteiger partial charge in [0.1, 0.15) is 0 Å². The number of hydrogen-bond donors (Lipinski definition) is 1. The SMILES string of the molecule is COc1cc(/C=C/C(=O)Nc2ccccc2N2CCCC2)cc(Cl)c1OC. The molecule has 3 rings (SSSR count). The van der Waals surface area contributed by atoms with Crippen molar-refractivity contribution in [1.82, 2.24) is 0 Å². The predicted molar refractivity (Wildman–Crippen MR) is 110 cm³/mol. The van der Waals surface area contributed by atoms with Crippen molar-refractivity contribution >= 4 is 35.0 Å². The van der Waals surface area contributed by atoms with Gasteiger partial charge in [0.15, 0.2) is 11.5 Å². The quantitative estimate of drug-likeness (QED) is 0.736. The lowest BCUT2D eigenvalue weighted by Gasteiger charge is -2.21. The molecule has 2 aromatic rings. The van der Waals surface area contributed by atoms with Gasteiger partial charge in [0.25, 0.3) is 0 Å². The fourth-order valence-electron chi connectivity index (χ4n) is 3.19. The van der Waals surface area contributed by atoms with Crippen molar-refractivity contribution in [2.75, 3.05) is 37.5 Å². The Hall–Kier alpha value is -2.66. The molecule has 0 spiro atoms. The largest absolute Gasteiger partial charge is 0.493 e. The van der Waals surface area contributed by atoms with Crippen LogP contribution in [0.2, 0.25) is 5.02 Å². The third-order valence-corrected chi connectivity index (χ3v) is 4.77. The Kier molecular flexibility index (Phi) is 6.24. The maximum atomic E-state index is 12.4. The zero-order valence-corrected chi connectivity index (χ0v) is 16.3. The molecule has 0 saturated carbocycles. The topological polar surface area (TPSA) is 50.8 Å². The van der Waals surface area contributed by atoms with Crippen LogP contribution < -0.4 is 19.7 Å². The van der Waals surface area contributed by atoms with E-state index in [0.717, 1.165) is 30.0 Å². The van der Waals surface area contributed by atoms with Gasteiger partial charge in [-0.05, 0) is 48.7 Å². The molecular formula is C21H23ClN2O3. The molecule has 27 heavy (non-hydrogen) atoms. The highest BCUT2D eigenvalue weighted by atomic mass is 35.5. The van der Waals surface area contributed by atoms with Crippen LogP contribution in [-0.2, 0) is 4.79 Å². The Bertz CT molecular complexity index is 845. The second kappa shape index (κ2) is 8.82. The summed E-state index contributed by atoms with van der Waals surface area (Å²) in [6, 6.07) is 11.4. The minimum absolute atomic E-state index is 0.201. The van der Waals surface area contributed by atoms with E-state index in [4.69, 9.17) is 21.1 Å². The fourth-order valence-corrected chi connectivity index (χ4v) is 3.49. The summed E-state index contributed by atoms with van der Waals surface area (Å²) in [5, 5.41) is 3.39. The van der Waals surface area contributed by atoms with Crippen LogP contribution in [0.1, 0.15) is 18.4 Å². The molecule has 0 bridgehead atoms. The number of nitrogens with one attached hydrogen (secondary N) is 1. The molecule has 2 aromatic carbocycles. The smallest absolute Gasteiger partial charge is 0.248 e. The first-order chi connectivity index (χ1) is 13.1. The van der Waals surface area contributed by atoms with Crippen molar-refractivity contribution in [3.63, 3.8) is 0 Å². The number of halogens is 1. The van der Waals surface area contributed by atoms with Crippen molar-refractivity contribution in [2.24, 2.45) is 0 Å². The van der Waals surface area contributed by atoms with Gasteiger partial charge in [-0.1, -0.05) is 23.7 Å². The Labute approximate surface area is 164 Å². The lowest BCUT2D eigenvalue weighted by molar-refractivity contribution is -0.111. The Morgan fingerprint density at radius 1 is 1.15 bits per heavy atom. The number of para-hydroxylation sites is 2. The molecule has 1 heterocycles. The number of benzene rings is 2. The predicted octanol–water partition coefficient (Wildman–Crippen LogP) is 4.61. The van der Waals surface area contributed by atoms with Gasteiger partial charge >= 0.3 is 0 Å². The monoisotopic (exact) mass is 386 g/mol. The second-order valence-corrected chi connectivity index (χ2v) is 6.68. The van der Waals surface area contributed by atoms with Crippen molar-refractivity contribution in [2.45, 2.75) is 12.8 Å². The van der Waals surface area contributed by atoms with Gasteiger partial charge in [0.2, 0.25) is 5.91 Å². The summed E-state index contributed by atoms with van der Waals surface area (Å²) in [6.07, 6.45) is 5.55. The maximum absolute atomic E-state index is 12.4. The highest BCUT2D eigenvalue weighted by Crippen LogP contribution is 2.36. The second-order valence-electron chi connectivity index (χ2n) is 6.27. The lowest BCUT2D eigenvalue weighted by Crippen LogP contribution is -2.20. The number of amides is 1. The van der Waals surface area contributed by atoms with E-state index >= 15 is 0 Å². The third kappa shape index (κ3) is 4.55. The van der Waals surface area contributed by atoms with Gasteiger partial charge in [-0.3, -0.25) is 4.79 Å². The van der Waals surface area contributed by atoms with E-state index in [1.165, 1.54) is 26.0 Å². The Balaban J connectivity index is 1.74. The van der Waals surface area contributed by atoms with E-state index in [9.17, 15) is 4.79 Å². The van der Waals surface area contributed by atoms with E-state index in [0.29, 0.717) is 16.5 Å². The summed E-state index contributed by atoms with van der Waals surface area (Å²) in [5.74, 6) is 0.789. The molecule has 6 heteroatoms. The van der Waals surface area contributed by atoms with Crippen molar-refractivity contribution in [3.05, 3.63) is 53.1 Å². The first kappa shape index (κ1) is 19.1. The Morgan fingerprint density at radius 2 is 1.89 bits per heavy atom. The molecule has 1 saturated heterocycles. The number of methoxy groups -OCH3 is 2. The number of carbonyl (C=O) groups is 1. The fraction of sp³-hybridized carbons (Fsp3) is 0.286. The van der Waals surface area contributed by atoms with Crippen LogP contribution in [0.3, 0.4) is 0 Å². The molecule has 1 amide bonds. The summed E-state index contributed by atoms with van der Waals surface area (Å²) in [4.78, 5) is 14.7. The molecule has 142 valence electrons. The number of carbonyl (C=O) groups excluding carboxylic acids is 1. The van der Waals surface area contributed by atoms with E-state index in [2.05, 4.69) is 10.2 Å². The maximum Gasteiger partial charge on any atom is 0.248 e. The minimum atomic E-state index is -0.201. The minimum Gasteiger partial charge on any atom is -0.493 e. The molecule has 1 aliphatic heterocycles. The third-order valence-electron chi connectivity index (χ3n) is 4.49. The molecule has 0 radical (unpaired) electrons. The van der Waals surface area contributed by atoms with Crippen LogP contribution in [0, 0.1) is 0 Å². The Morgan fingerprint density at radius 3 is 2.59 bits per heavy atom. The molecule has 1 fully saturated rings. The number of hydrogen-bond acceptors (Lipinski definition) is 4. The average molecular weight is 387 g/mol. The number of nitrogens with zero attached hydrogens (tertiary/aromatic N) is 1. The molecule has 5 nitrogen and oxygen atoms in total. The highest BCUT2D eigenvalue weighted by Gasteiger charge is 2.16. The van der Waals surface area contributed by atoms with Gasteiger partial charge in [-0.15, -0.1) is 0 Å². The number of anilines is 2. The van der Waals surface area contributed by atoms with Crippen molar-refractivity contribution in [3.8, 4) is 11.5 Å². The zero-order chi connectivity index (χ0) is 19.2. The highest BCUT2D eigenvalue weighted by molar-refractivity contribution is 6.32. The lowest BCUT2D eigenvalue weighted by atomic mass is 10.2. The molecular weight excluding hydrogens is 364 g/mol. The van der Waals surface area contributed by atoms with E-state index in [1.807, 2.05) is 24.3 Å². The molecule has 0 aromatic heterocycles. The van der Waals surface area contributed by atoms with Crippen LogP contribution in [-0.4, -0.2) is 33.2 Å². The standard InChI is InChI=1S/C21H23ClN2O3/c1-26-19-14-15(13-16(22)21(19)27-2)9-10-20(25)23-17-7-3-4-8-18(17)24-11-5-6-12-24/h3-4,7-10,13-14H,5-6,11-12H2,1-2H3,(H,23,25)/b10-9+. The molecule has 1 N–H and O–H groups in total. The van der Waals surface area contributed by atoms with Gasteiger partial charge in [-0.2, -0.15) is 0 Å². The molecule has 0 atom stereocenters. The molecule has 0 aliphatic carbocycles. The summed E-state index contributed by atoms with van der Waals surface area (Å²) in [7, 11) is 3.08. The van der Waals surface area contributed by atoms with Gasteiger partial charge in [0, 0.05) is 19.2 Å². The van der Waals surface area contributed by atoms with Crippen LogP contribution >= 0.6 is 11.6 Å². The first-order valence-electron chi connectivity index (χ1n) is 8.87. The van der Waals surface area contributed by atoms with E-state index < -0.39 is 0 Å². The van der Waals surface area contributed by atoms with Crippen LogP contribution in [0.25, 0.3) is 6.08 Å². The summed E-state index contributed by atoms with van der Waals surface area (Å²) in [6.45, 7) is 2.04. The average Bonchev–Trinajstić information content (AvgIpc) is 3.21. The molecule has 1 aliphatic rings. The summed E-state index contributed by atoms with van der Waals surface area (Å²) < 4.78 is 10.5. The van der Waals surface area contributed by atoms with Crippen LogP contribution in [0.5, 0.6) is 11.5 Å². The normalized spacial score (nSPS) is 13.8. The number of ether oxygens (including phenoxy) is 2. The van der Waals surface area contributed by atoms with Crippen molar-refractivity contribution < 1.29 is 14.3 Å². The van der Waals surface area contributed by atoms with Crippen molar-refractivity contribution in [1.29, 1.82) is 0 Å². The summed E-state index contributed by atoms with van der Waals surface area (Å²) in [5.41, 5.74) is 2.63. The van der Waals surface area contributed by atoms with Gasteiger partial charge in [-0.25, -0.2) is 0 Å². The summed E-state index contributed by atoms with van der Waals surface area (Å²) >= 11 is 6.21.